The summed E-state index contributed by atoms with van der Waals surface area (Å²) in [7, 11) is 3.64. The highest BCUT2D eigenvalue weighted by Gasteiger charge is 2.35. The first-order valence-electron chi connectivity index (χ1n) is 13.8. The van der Waals surface area contributed by atoms with Crippen molar-refractivity contribution in [2.45, 2.75) is 45.8 Å². The Morgan fingerprint density at radius 1 is 1.17 bits per heavy atom. The normalized spacial score (nSPS) is 15.8. The molecule has 2 aromatic heterocycles. The quantitative estimate of drug-likeness (QED) is 0.233. The van der Waals surface area contributed by atoms with E-state index in [1.165, 1.54) is 12.1 Å². The molecule has 0 fully saturated rings. The zero-order chi connectivity index (χ0) is 29.1. The van der Waals surface area contributed by atoms with Crippen molar-refractivity contribution >= 4 is 29.1 Å². The first-order valence-corrected chi connectivity index (χ1v) is 14.1. The molecular formula is C30H35ClFN7O2. The van der Waals surface area contributed by atoms with Crippen molar-refractivity contribution in [1.82, 2.24) is 24.6 Å². The molecule has 0 spiro atoms. The molecule has 4 aromatic rings. The maximum atomic E-state index is 13.9. The lowest BCUT2D eigenvalue weighted by atomic mass is 9.93. The van der Waals surface area contributed by atoms with Gasteiger partial charge in [-0.1, -0.05) is 30.7 Å². The van der Waals surface area contributed by atoms with Crippen molar-refractivity contribution in [1.29, 1.82) is 0 Å². The number of imidazole rings is 1. The number of ether oxygens (including phenoxy) is 1. The Morgan fingerprint density at radius 2 is 1.95 bits per heavy atom. The lowest BCUT2D eigenvalue weighted by molar-refractivity contribution is -0.215. The number of fused-ring (bicyclic) bond motifs is 1. The van der Waals surface area contributed by atoms with Crippen LogP contribution in [0.5, 0.6) is 5.75 Å². The van der Waals surface area contributed by atoms with Crippen LogP contribution in [-0.2, 0) is 11.3 Å². The second kappa shape index (κ2) is 12.4. The maximum absolute atomic E-state index is 13.9. The van der Waals surface area contributed by atoms with Crippen LogP contribution in [0.2, 0.25) is 5.15 Å². The van der Waals surface area contributed by atoms with E-state index >= 15 is 0 Å². The summed E-state index contributed by atoms with van der Waals surface area (Å²) in [5, 5.41) is 5.75. The molecule has 0 bridgehead atoms. The number of methoxy groups -OCH3 is 1. The molecule has 2 atom stereocenters. The number of nitrogens with one attached hydrogen (secondary N) is 1. The molecule has 11 heteroatoms. The van der Waals surface area contributed by atoms with Crippen LogP contribution in [0, 0.1) is 5.82 Å². The fraction of sp³-hybridized carbons (Fsp3) is 0.367. The van der Waals surface area contributed by atoms with Crippen molar-refractivity contribution in [3.05, 3.63) is 82.8 Å². The van der Waals surface area contributed by atoms with Crippen LogP contribution in [0.3, 0.4) is 0 Å². The van der Waals surface area contributed by atoms with E-state index in [0.717, 1.165) is 53.4 Å². The summed E-state index contributed by atoms with van der Waals surface area (Å²) in [5.74, 6) is 1.64. The van der Waals surface area contributed by atoms with Gasteiger partial charge in [0.1, 0.15) is 34.9 Å². The van der Waals surface area contributed by atoms with Gasteiger partial charge in [-0.25, -0.2) is 14.4 Å². The summed E-state index contributed by atoms with van der Waals surface area (Å²) in [6.07, 6.45) is 4.96. The third kappa shape index (κ3) is 6.14. The Kier molecular flexibility index (Phi) is 8.72. The van der Waals surface area contributed by atoms with Gasteiger partial charge in [-0.3, -0.25) is 4.84 Å². The predicted octanol–water partition coefficient (Wildman–Crippen LogP) is 6.34. The van der Waals surface area contributed by atoms with Crippen molar-refractivity contribution in [2.24, 2.45) is 0 Å². The Hall–Kier alpha value is -3.73. The summed E-state index contributed by atoms with van der Waals surface area (Å²) in [6, 6.07) is 11.9. The van der Waals surface area contributed by atoms with E-state index in [0.29, 0.717) is 23.4 Å². The van der Waals surface area contributed by atoms with E-state index in [1.807, 2.05) is 30.3 Å². The molecule has 0 saturated carbocycles. The second-order valence-corrected chi connectivity index (χ2v) is 10.4. The monoisotopic (exact) mass is 579 g/mol. The highest BCUT2D eigenvalue weighted by molar-refractivity contribution is 6.29. The highest BCUT2D eigenvalue weighted by Crippen LogP contribution is 2.39. The van der Waals surface area contributed by atoms with E-state index in [4.69, 9.17) is 31.1 Å². The van der Waals surface area contributed by atoms with Gasteiger partial charge in [0.25, 0.3) is 0 Å². The zero-order valence-corrected chi connectivity index (χ0v) is 24.7. The van der Waals surface area contributed by atoms with Gasteiger partial charge in [0, 0.05) is 43.7 Å². The number of nitrogens with zero attached hydrogens (tertiary/aromatic N) is 6. The fourth-order valence-electron chi connectivity index (χ4n) is 4.88. The van der Waals surface area contributed by atoms with Crippen LogP contribution in [0.4, 0.5) is 21.8 Å². The molecule has 2 unspecified atom stereocenters. The standard InChI is InChI=1S/C30H35ClFN7O2/c1-6-19(3)41-39-15-14-23-27(28(39)20-8-10-21(32)11-9-20)35-30(36-29(23)37(4)7-2)34-22-12-13-24(25(16-22)40-5)38-17-26(31)33-18-38/h8-13,16-19,28H,6-7,14-15H2,1-5H3,(H,34,35,36). The lowest BCUT2D eigenvalue weighted by Crippen LogP contribution is -2.40. The minimum absolute atomic E-state index is 0.0214. The van der Waals surface area contributed by atoms with Crippen LogP contribution >= 0.6 is 11.6 Å². The summed E-state index contributed by atoms with van der Waals surface area (Å²) < 4.78 is 21.4. The van der Waals surface area contributed by atoms with Crippen molar-refractivity contribution < 1.29 is 14.0 Å². The van der Waals surface area contributed by atoms with Crippen LogP contribution in [0.15, 0.2) is 55.0 Å². The minimum atomic E-state index is -0.330. The smallest absolute Gasteiger partial charge is 0.229 e. The molecule has 2 aromatic carbocycles. The number of halogens is 2. The molecule has 0 radical (unpaired) electrons. The molecule has 1 aliphatic heterocycles. The third-order valence-electron chi connectivity index (χ3n) is 7.32. The number of aromatic nitrogens is 4. The zero-order valence-electron chi connectivity index (χ0n) is 23.9. The Balaban J connectivity index is 1.58. The topological polar surface area (TPSA) is 80.6 Å². The largest absolute Gasteiger partial charge is 0.494 e. The molecule has 0 saturated heterocycles. The average Bonchev–Trinajstić information content (AvgIpc) is 3.42. The molecule has 9 nitrogen and oxygen atoms in total. The molecule has 41 heavy (non-hydrogen) atoms. The van der Waals surface area contributed by atoms with Gasteiger partial charge in [0.2, 0.25) is 5.95 Å². The first-order chi connectivity index (χ1) is 19.8. The predicted molar refractivity (Wildman–Crippen MR) is 159 cm³/mol. The van der Waals surface area contributed by atoms with Crippen LogP contribution in [0.1, 0.15) is 50.1 Å². The van der Waals surface area contributed by atoms with Crippen LogP contribution < -0.4 is 15.0 Å². The molecule has 1 N–H and O–H groups in total. The van der Waals surface area contributed by atoms with E-state index in [2.05, 4.69) is 36.0 Å². The van der Waals surface area contributed by atoms with Gasteiger partial charge < -0.3 is 19.5 Å². The highest BCUT2D eigenvalue weighted by atomic mass is 35.5. The van der Waals surface area contributed by atoms with E-state index in [1.54, 1.807) is 36.3 Å². The Morgan fingerprint density at radius 3 is 2.61 bits per heavy atom. The first kappa shape index (κ1) is 28.8. The van der Waals surface area contributed by atoms with Gasteiger partial charge >= 0.3 is 0 Å². The van der Waals surface area contributed by atoms with Crippen molar-refractivity contribution in [3.63, 3.8) is 0 Å². The number of hydrogen-bond donors (Lipinski definition) is 1. The third-order valence-corrected chi connectivity index (χ3v) is 7.52. The molecule has 5 rings (SSSR count). The molecule has 0 aliphatic carbocycles. The molecule has 216 valence electrons. The Bertz CT molecular complexity index is 1500. The van der Waals surface area contributed by atoms with Gasteiger partial charge in [-0.2, -0.15) is 10.0 Å². The number of rotatable bonds is 10. The number of anilines is 3. The summed E-state index contributed by atoms with van der Waals surface area (Å²) >= 11 is 6.03. The van der Waals surface area contributed by atoms with Crippen LogP contribution in [-0.4, -0.2) is 57.9 Å². The molecule has 0 amide bonds. The van der Waals surface area contributed by atoms with Crippen LogP contribution in [0.25, 0.3) is 5.69 Å². The maximum Gasteiger partial charge on any atom is 0.229 e. The summed E-state index contributed by atoms with van der Waals surface area (Å²) in [4.78, 5) is 22.6. The number of hydrogen-bond acceptors (Lipinski definition) is 8. The number of benzene rings is 2. The van der Waals surface area contributed by atoms with Gasteiger partial charge in [0.15, 0.2) is 0 Å². The fourth-order valence-corrected chi connectivity index (χ4v) is 5.03. The van der Waals surface area contributed by atoms with Gasteiger partial charge in [-0.05, 0) is 56.5 Å². The van der Waals surface area contributed by atoms with E-state index < -0.39 is 0 Å². The van der Waals surface area contributed by atoms with Crippen molar-refractivity contribution in [2.75, 3.05) is 37.5 Å². The lowest BCUT2D eigenvalue weighted by Gasteiger charge is -2.38. The van der Waals surface area contributed by atoms with E-state index in [-0.39, 0.29) is 18.0 Å². The summed E-state index contributed by atoms with van der Waals surface area (Å²) in [6.45, 7) is 7.67. The Labute approximate surface area is 244 Å². The van der Waals surface area contributed by atoms with Gasteiger partial charge in [-0.15, -0.1) is 0 Å². The minimum Gasteiger partial charge on any atom is -0.494 e. The summed E-state index contributed by atoms with van der Waals surface area (Å²) in [5.41, 5.74) is 4.34. The second-order valence-electron chi connectivity index (χ2n) is 10.0. The van der Waals surface area contributed by atoms with Crippen molar-refractivity contribution in [3.8, 4) is 11.4 Å². The molecule has 1 aliphatic rings. The SMILES string of the molecule is CCC(C)ON1CCc2c(nc(Nc3ccc(-n4cnc(Cl)c4)c(OC)c3)nc2N(C)CC)C1c1ccc(F)cc1. The molecular weight excluding hydrogens is 545 g/mol. The number of hydroxylamine groups is 2. The molecule has 3 heterocycles. The van der Waals surface area contributed by atoms with E-state index in [9.17, 15) is 4.39 Å². The average molecular weight is 580 g/mol. The van der Waals surface area contributed by atoms with Gasteiger partial charge in [0.05, 0.1) is 24.6 Å².